The average Bonchev–Trinajstić information content (AvgIpc) is 2.88. The smallest absolute Gasteiger partial charge is 0.0512 e. The Morgan fingerprint density at radius 3 is 2.80 bits per heavy atom. The average molecular weight is 261 g/mol. The van der Waals surface area contributed by atoms with E-state index in [1.54, 1.807) is 5.56 Å². The fourth-order valence-electron chi connectivity index (χ4n) is 3.54. The van der Waals surface area contributed by atoms with Crippen LogP contribution in [0.2, 0.25) is 0 Å². The molecule has 1 aliphatic carbocycles. The Morgan fingerprint density at radius 1 is 1.05 bits per heavy atom. The molecule has 0 aliphatic heterocycles. The molecule has 1 nitrogen and oxygen atoms in total. The van der Waals surface area contributed by atoms with Gasteiger partial charge in [0.25, 0.3) is 0 Å². The second-order valence-electron chi connectivity index (χ2n) is 5.78. The molecule has 1 heteroatoms. The van der Waals surface area contributed by atoms with Crippen LogP contribution < -0.4 is 0 Å². The van der Waals surface area contributed by atoms with Gasteiger partial charge in [0.1, 0.15) is 0 Å². The van der Waals surface area contributed by atoms with E-state index in [9.17, 15) is 0 Å². The molecule has 0 amide bonds. The van der Waals surface area contributed by atoms with Gasteiger partial charge in [0.15, 0.2) is 0 Å². The van der Waals surface area contributed by atoms with Crippen LogP contribution in [0.5, 0.6) is 0 Å². The molecule has 100 valence electrons. The van der Waals surface area contributed by atoms with Gasteiger partial charge in [-0.1, -0.05) is 49.4 Å². The van der Waals surface area contributed by atoms with Crippen LogP contribution in [0.25, 0.3) is 10.9 Å². The summed E-state index contributed by atoms with van der Waals surface area (Å²) in [6.45, 7) is 3.35. The van der Waals surface area contributed by atoms with E-state index in [0.29, 0.717) is 5.92 Å². The normalized spacial score (nSPS) is 16.9. The number of aryl methyl sites for hydroxylation is 1. The highest BCUT2D eigenvalue weighted by Gasteiger charge is 2.25. The molecule has 0 fully saturated rings. The molecule has 3 aromatic rings. The third-order valence-electron chi connectivity index (χ3n) is 4.63. The standard InChI is InChI=1S/C19H19N/c1-2-14-7-5-8-15-10-11-20(19(14)15)13-17-12-16-6-3-4-9-18(16)17/h3-11,17H,2,12-13H2,1H3. The van der Waals surface area contributed by atoms with Gasteiger partial charge in [0.2, 0.25) is 0 Å². The van der Waals surface area contributed by atoms with Crippen LogP contribution in [0, 0.1) is 0 Å². The van der Waals surface area contributed by atoms with Crippen molar-refractivity contribution in [2.24, 2.45) is 0 Å². The molecule has 0 spiro atoms. The maximum absolute atomic E-state index is 2.45. The molecule has 1 heterocycles. The SMILES string of the molecule is CCc1cccc2ccn(CC3Cc4ccccc43)c12. The summed E-state index contributed by atoms with van der Waals surface area (Å²) in [5, 5.41) is 1.37. The highest BCUT2D eigenvalue weighted by molar-refractivity contribution is 5.83. The molecule has 1 unspecified atom stereocenters. The number of nitrogens with zero attached hydrogens (tertiary/aromatic N) is 1. The Balaban J connectivity index is 1.71. The summed E-state index contributed by atoms with van der Waals surface area (Å²) in [5.41, 5.74) is 5.97. The van der Waals surface area contributed by atoms with Gasteiger partial charge in [0, 0.05) is 18.7 Å². The Hall–Kier alpha value is -2.02. The number of para-hydroxylation sites is 1. The van der Waals surface area contributed by atoms with Crippen molar-refractivity contribution in [2.45, 2.75) is 32.2 Å². The zero-order valence-corrected chi connectivity index (χ0v) is 11.8. The van der Waals surface area contributed by atoms with Crippen LogP contribution >= 0.6 is 0 Å². The van der Waals surface area contributed by atoms with Crippen LogP contribution in [0.3, 0.4) is 0 Å². The summed E-state index contributed by atoms with van der Waals surface area (Å²) in [5.74, 6) is 0.687. The Labute approximate surface area is 119 Å². The molecular weight excluding hydrogens is 242 g/mol. The zero-order valence-electron chi connectivity index (χ0n) is 11.8. The summed E-state index contributed by atoms with van der Waals surface area (Å²) in [7, 11) is 0. The van der Waals surface area contributed by atoms with Crippen LogP contribution in [0.15, 0.2) is 54.7 Å². The third kappa shape index (κ3) is 1.70. The topological polar surface area (TPSA) is 4.93 Å². The summed E-state index contributed by atoms with van der Waals surface area (Å²) < 4.78 is 2.45. The number of hydrogen-bond donors (Lipinski definition) is 0. The molecule has 4 rings (SSSR count). The van der Waals surface area contributed by atoms with Crippen LogP contribution in [-0.2, 0) is 19.4 Å². The number of hydrogen-bond acceptors (Lipinski definition) is 0. The lowest BCUT2D eigenvalue weighted by Crippen LogP contribution is -2.21. The fourth-order valence-corrected chi connectivity index (χ4v) is 3.54. The van der Waals surface area contributed by atoms with E-state index >= 15 is 0 Å². The number of fused-ring (bicyclic) bond motifs is 2. The van der Waals surface area contributed by atoms with Crippen LogP contribution in [0.1, 0.15) is 29.5 Å². The lowest BCUT2D eigenvalue weighted by atomic mass is 9.77. The number of aromatic nitrogens is 1. The van der Waals surface area contributed by atoms with Crippen molar-refractivity contribution in [1.29, 1.82) is 0 Å². The van der Waals surface area contributed by atoms with E-state index in [4.69, 9.17) is 0 Å². The lowest BCUT2D eigenvalue weighted by Gasteiger charge is -2.30. The third-order valence-corrected chi connectivity index (χ3v) is 4.63. The minimum atomic E-state index is 0.687. The van der Waals surface area contributed by atoms with E-state index in [1.165, 1.54) is 28.5 Å². The van der Waals surface area contributed by atoms with E-state index in [-0.39, 0.29) is 0 Å². The van der Waals surface area contributed by atoms with Crippen LogP contribution in [-0.4, -0.2) is 4.57 Å². The second-order valence-corrected chi connectivity index (χ2v) is 5.78. The summed E-state index contributed by atoms with van der Waals surface area (Å²) >= 11 is 0. The first-order chi connectivity index (χ1) is 9.86. The zero-order chi connectivity index (χ0) is 13.5. The molecule has 0 N–H and O–H groups in total. The molecule has 0 saturated carbocycles. The van der Waals surface area contributed by atoms with Crippen molar-refractivity contribution in [3.8, 4) is 0 Å². The predicted octanol–water partition coefficient (Wildman–Crippen LogP) is 4.54. The molecule has 0 radical (unpaired) electrons. The van der Waals surface area contributed by atoms with E-state index < -0.39 is 0 Å². The molecule has 0 saturated heterocycles. The fraction of sp³-hybridized carbons (Fsp3) is 0.263. The number of benzene rings is 2. The van der Waals surface area contributed by atoms with Crippen LogP contribution in [0.4, 0.5) is 0 Å². The molecule has 20 heavy (non-hydrogen) atoms. The van der Waals surface area contributed by atoms with Gasteiger partial charge in [-0.15, -0.1) is 0 Å². The minimum absolute atomic E-state index is 0.687. The van der Waals surface area contributed by atoms with Gasteiger partial charge in [-0.05, 0) is 41.0 Å². The molecular formula is C19H19N. The summed E-state index contributed by atoms with van der Waals surface area (Å²) in [4.78, 5) is 0. The maximum Gasteiger partial charge on any atom is 0.0512 e. The highest BCUT2D eigenvalue weighted by atomic mass is 15.0. The van der Waals surface area contributed by atoms with Gasteiger partial charge >= 0.3 is 0 Å². The second kappa shape index (κ2) is 4.52. The molecule has 2 aromatic carbocycles. The first kappa shape index (κ1) is 11.8. The Morgan fingerprint density at radius 2 is 1.95 bits per heavy atom. The van der Waals surface area contributed by atoms with Gasteiger partial charge in [-0.2, -0.15) is 0 Å². The molecule has 1 atom stereocenters. The number of rotatable bonds is 3. The lowest BCUT2D eigenvalue weighted by molar-refractivity contribution is 0.518. The van der Waals surface area contributed by atoms with E-state index in [2.05, 4.69) is 66.2 Å². The predicted molar refractivity (Wildman–Crippen MR) is 84.2 cm³/mol. The summed E-state index contributed by atoms with van der Waals surface area (Å²) in [6, 6.07) is 17.8. The van der Waals surface area contributed by atoms with Crippen molar-refractivity contribution < 1.29 is 0 Å². The summed E-state index contributed by atoms with van der Waals surface area (Å²) in [6.07, 6.45) is 4.58. The largest absolute Gasteiger partial charge is 0.347 e. The van der Waals surface area contributed by atoms with Gasteiger partial charge in [0.05, 0.1) is 5.52 Å². The monoisotopic (exact) mass is 261 g/mol. The van der Waals surface area contributed by atoms with Crippen molar-refractivity contribution >= 4 is 10.9 Å². The molecule has 0 bridgehead atoms. The molecule has 1 aliphatic rings. The van der Waals surface area contributed by atoms with Crippen molar-refractivity contribution in [3.63, 3.8) is 0 Å². The molecule has 1 aromatic heterocycles. The van der Waals surface area contributed by atoms with Gasteiger partial charge in [-0.3, -0.25) is 0 Å². The Bertz CT molecular complexity index is 766. The first-order valence-electron chi connectivity index (χ1n) is 7.51. The van der Waals surface area contributed by atoms with Crippen molar-refractivity contribution in [3.05, 3.63) is 71.4 Å². The van der Waals surface area contributed by atoms with Crippen molar-refractivity contribution in [2.75, 3.05) is 0 Å². The van der Waals surface area contributed by atoms with E-state index in [0.717, 1.165) is 13.0 Å². The minimum Gasteiger partial charge on any atom is -0.347 e. The van der Waals surface area contributed by atoms with Gasteiger partial charge in [-0.25, -0.2) is 0 Å². The van der Waals surface area contributed by atoms with E-state index in [1.807, 2.05) is 0 Å². The highest BCUT2D eigenvalue weighted by Crippen LogP contribution is 2.37. The van der Waals surface area contributed by atoms with Crippen molar-refractivity contribution in [1.82, 2.24) is 4.57 Å². The first-order valence-corrected chi connectivity index (χ1v) is 7.51. The Kier molecular flexibility index (Phi) is 2.66. The van der Waals surface area contributed by atoms with Gasteiger partial charge < -0.3 is 4.57 Å². The maximum atomic E-state index is 2.45. The quantitative estimate of drug-likeness (QED) is 0.652.